The van der Waals surface area contributed by atoms with Crippen LogP contribution >= 0.6 is 0 Å². The third kappa shape index (κ3) is 5.63. The predicted octanol–water partition coefficient (Wildman–Crippen LogP) is 5.12. The van der Waals surface area contributed by atoms with Gasteiger partial charge in [0.25, 0.3) is 6.47 Å². The Morgan fingerprint density at radius 3 is 2.54 bits per heavy atom. The van der Waals surface area contributed by atoms with E-state index in [2.05, 4.69) is 11.0 Å². The van der Waals surface area contributed by atoms with E-state index < -0.39 is 11.9 Å². The zero-order valence-electron chi connectivity index (χ0n) is 20.9. The highest BCUT2D eigenvalue weighted by atomic mass is 19.1. The molecule has 1 aliphatic carbocycles. The minimum Gasteiger partial charge on any atom is -0.488 e. The summed E-state index contributed by atoms with van der Waals surface area (Å²) in [6, 6.07) is 17.9. The Morgan fingerprint density at radius 2 is 1.81 bits per heavy atom. The smallest absolute Gasteiger partial charge is 0.293 e. The quantitative estimate of drug-likeness (QED) is 0.373. The van der Waals surface area contributed by atoms with Crippen molar-refractivity contribution < 1.29 is 23.8 Å². The highest BCUT2D eigenvalue weighted by molar-refractivity contribution is 5.71. The molecule has 0 amide bonds. The van der Waals surface area contributed by atoms with Crippen molar-refractivity contribution >= 4 is 12.2 Å². The van der Waals surface area contributed by atoms with Crippen LogP contribution in [0.15, 0.2) is 60.7 Å². The molecule has 1 unspecified atom stereocenters. The fraction of sp³-hybridized carbons (Fsp3) is 0.367. The van der Waals surface area contributed by atoms with E-state index in [1.807, 2.05) is 36.4 Å². The van der Waals surface area contributed by atoms with E-state index in [4.69, 9.17) is 15.2 Å². The molecular weight excluding hydrogens is 471 g/mol. The van der Waals surface area contributed by atoms with Crippen LogP contribution in [0.1, 0.15) is 48.4 Å². The van der Waals surface area contributed by atoms with Gasteiger partial charge in [-0.25, -0.2) is 4.39 Å². The summed E-state index contributed by atoms with van der Waals surface area (Å²) in [5.74, 6) is 0.215. The summed E-state index contributed by atoms with van der Waals surface area (Å²) in [5, 5.41) is 9.49. The summed E-state index contributed by atoms with van der Waals surface area (Å²) in [4.78, 5) is 13.0. The van der Waals surface area contributed by atoms with Gasteiger partial charge in [-0.15, -0.1) is 0 Å². The maximum absolute atomic E-state index is 15.6. The first-order valence-corrected chi connectivity index (χ1v) is 12.8. The van der Waals surface area contributed by atoms with Crippen LogP contribution in [0.5, 0.6) is 5.75 Å². The average molecular weight is 505 g/mol. The van der Waals surface area contributed by atoms with Gasteiger partial charge in [0.15, 0.2) is 0 Å². The summed E-state index contributed by atoms with van der Waals surface area (Å²) in [6.07, 6.45) is 5.03. The normalized spacial score (nSPS) is 16.9. The molecule has 6 nitrogen and oxygen atoms in total. The number of hydrogen-bond acceptors (Lipinski definition) is 6. The molecule has 1 saturated heterocycles. The largest absolute Gasteiger partial charge is 0.488 e. The molecule has 37 heavy (non-hydrogen) atoms. The maximum atomic E-state index is 15.6. The molecule has 0 radical (unpaired) electrons. The first kappa shape index (κ1) is 25.2. The summed E-state index contributed by atoms with van der Waals surface area (Å²) in [6.45, 7) is 2.45. The molecule has 0 bridgehead atoms. The fourth-order valence-electron chi connectivity index (χ4n) is 5.22. The van der Waals surface area contributed by atoms with Crippen LogP contribution in [-0.2, 0) is 22.7 Å². The Kier molecular flexibility index (Phi) is 7.44. The van der Waals surface area contributed by atoms with Crippen molar-refractivity contribution in [2.24, 2.45) is 11.1 Å². The van der Waals surface area contributed by atoms with Gasteiger partial charge < -0.3 is 25.2 Å². The lowest BCUT2D eigenvalue weighted by Gasteiger charge is -2.34. The first-order chi connectivity index (χ1) is 18.0. The van der Waals surface area contributed by atoms with Crippen molar-refractivity contribution in [3.63, 3.8) is 0 Å². The van der Waals surface area contributed by atoms with Crippen LogP contribution in [0.2, 0.25) is 0 Å². The van der Waals surface area contributed by atoms with Crippen LogP contribution < -0.4 is 15.4 Å². The van der Waals surface area contributed by atoms with Crippen LogP contribution in [-0.4, -0.2) is 31.3 Å². The lowest BCUT2D eigenvalue weighted by Crippen LogP contribution is -2.34. The van der Waals surface area contributed by atoms with E-state index in [9.17, 15) is 9.90 Å². The molecule has 3 aromatic rings. The number of nitrogens with zero attached hydrogens (tertiary/aromatic N) is 1. The van der Waals surface area contributed by atoms with Crippen molar-refractivity contribution in [2.75, 3.05) is 24.6 Å². The van der Waals surface area contributed by atoms with Crippen molar-refractivity contribution in [3.05, 3.63) is 83.2 Å². The number of para-hydroxylation sites is 1. The molecule has 7 heteroatoms. The number of piperidine rings is 1. The van der Waals surface area contributed by atoms with Crippen LogP contribution in [0.25, 0.3) is 11.1 Å². The zero-order valence-corrected chi connectivity index (χ0v) is 20.9. The molecule has 2 fully saturated rings. The molecule has 0 aromatic heterocycles. The lowest BCUT2D eigenvalue weighted by molar-refractivity contribution is -0.129. The molecule has 3 aromatic carbocycles. The fourth-order valence-corrected chi connectivity index (χ4v) is 5.22. The van der Waals surface area contributed by atoms with Gasteiger partial charge in [0.2, 0.25) is 0 Å². The Bertz CT molecular complexity index is 1250. The number of ether oxygens (including phenoxy) is 2. The number of halogens is 1. The summed E-state index contributed by atoms with van der Waals surface area (Å²) < 4.78 is 26.6. The molecule has 2 aliphatic rings. The van der Waals surface area contributed by atoms with E-state index in [1.165, 1.54) is 25.7 Å². The van der Waals surface area contributed by atoms with Crippen LogP contribution in [0, 0.1) is 11.2 Å². The highest BCUT2D eigenvalue weighted by Gasteiger charge is 2.44. The summed E-state index contributed by atoms with van der Waals surface area (Å²) in [7, 11) is 0. The van der Waals surface area contributed by atoms with Crippen molar-refractivity contribution in [1.29, 1.82) is 0 Å². The van der Waals surface area contributed by atoms with E-state index in [0.717, 1.165) is 35.5 Å². The second-order valence-electron chi connectivity index (χ2n) is 10.2. The second kappa shape index (κ2) is 10.9. The molecule has 1 spiro atoms. The molecule has 1 saturated carbocycles. The Morgan fingerprint density at radius 1 is 1.03 bits per heavy atom. The highest BCUT2D eigenvalue weighted by Crippen LogP contribution is 2.54. The van der Waals surface area contributed by atoms with Crippen LogP contribution in [0.3, 0.4) is 0 Å². The monoisotopic (exact) mass is 504 g/mol. The van der Waals surface area contributed by atoms with E-state index in [1.54, 1.807) is 18.2 Å². The van der Waals surface area contributed by atoms with Gasteiger partial charge in [-0.2, -0.15) is 0 Å². The SMILES string of the molecule is NC(CO)c1cccc(-c2cc(COc3ccccc3COC=O)cc(N3CCC4(CC3)CC4)c2)c1F. The number of anilines is 1. The minimum absolute atomic E-state index is 0.129. The Balaban J connectivity index is 1.46. The number of nitrogens with two attached hydrogens (primary N) is 1. The van der Waals surface area contributed by atoms with Crippen molar-refractivity contribution in [3.8, 4) is 16.9 Å². The average Bonchev–Trinajstić information content (AvgIpc) is 3.69. The zero-order chi connectivity index (χ0) is 25.8. The van der Waals surface area contributed by atoms with Gasteiger partial charge in [-0.3, -0.25) is 4.79 Å². The van der Waals surface area contributed by atoms with Gasteiger partial charge in [-0.05, 0) is 66.5 Å². The second-order valence-corrected chi connectivity index (χ2v) is 10.2. The number of hydrogen-bond donors (Lipinski definition) is 2. The van der Waals surface area contributed by atoms with Gasteiger partial charge in [0.05, 0.1) is 12.6 Å². The number of carbonyl (C=O) groups excluding carboxylic acids is 1. The molecule has 194 valence electrons. The van der Waals surface area contributed by atoms with E-state index in [-0.39, 0.29) is 19.8 Å². The lowest BCUT2D eigenvalue weighted by atomic mass is 9.92. The molecule has 5 rings (SSSR count). The molecular formula is C30H33FN2O4. The minimum atomic E-state index is -0.784. The standard InChI is InChI=1S/C30H33FN2O4/c31-29-25(5-3-6-26(29)27(32)17-34)23-14-21(18-37-28-7-2-1-4-22(28)19-36-20-35)15-24(16-23)33-12-10-30(8-9-30)11-13-33/h1-7,14-16,20,27,34H,8-13,17-19,32H2. The molecule has 1 atom stereocenters. The first-order valence-electron chi connectivity index (χ1n) is 12.8. The topological polar surface area (TPSA) is 85.0 Å². The predicted molar refractivity (Wildman–Crippen MR) is 141 cm³/mol. The number of benzene rings is 3. The Labute approximate surface area is 216 Å². The van der Waals surface area contributed by atoms with Crippen molar-refractivity contribution in [2.45, 2.75) is 44.9 Å². The van der Waals surface area contributed by atoms with E-state index in [0.29, 0.717) is 28.8 Å². The number of carbonyl (C=O) groups is 1. The van der Waals surface area contributed by atoms with Crippen molar-refractivity contribution in [1.82, 2.24) is 0 Å². The number of aliphatic hydroxyl groups excluding tert-OH is 1. The number of rotatable bonds is 10. The third-order valence-electron chi connectivity index (χ3n) is 7.73. The third-order valence-corrected chi connectivity index (χ3v) is 7.73. The Hall–Kier alpha value is -3.42. The summed E-state index contributed by atoms with van der Waals surface area (Å²) in [5.41, 5.74) is 10.7. The van der Waals surface area contributed by atoms with E-state index >= 15 is 4.39 Å². The van der Waals surface area contributed by atoms with Crippen LogP contribution in [0.4, 0.5) is 10.1 Å². The van der Waals surface area contributed by atoms with Gasteiger partial charge in [0, 0.05) is 35.5 Å². The molecule has 3 N–H and O–H groups in total. The molecule has 1 aliphatic heterocycles. The van der Waals surface area contributed by atoms with Gasteiger partial charge in [0.1, 0.15) is 24.8 Å². The summed E-state index contributed by atoms with van der Waals surface area (Å²) >= 11 is 0. The molecule has 1 heterocycles. The van der Waals surface area contributed by atoms with Gasteiger partial charge >= 0.3 is 0 Å². The van der Waals surface area contributed by atoms with Gasteiger partial charge in [-0.1, -0.05) is 36.4 Å². The number of aliphatic hydroxyl groups is 1. The maximum Gasteiger partial charge on any atom is 0.293 e.